The number of hydrogen-bond donors (Lipinski definition) is 1. The number of benzene rings is 1. The third-order valence-corrected chi connectivity index (χ3v) is 2.75. The van der Waals surface area contributed by atoms with E-state index in [0.29, 0.717) is 14.5 Å². The Balaban J connectivity index is 2.76. The van der Waals surface area contributed by atoms with E-state index >= 15 is 0 Å². The van der Waals surface area contributed by atoms with Crippen molar-refractivity contribution in [3.63, 3.8) is 0 Å². The maximum absolute atomic E-state index is 13.0. The van der Waals surface area contributed by atoms with Crippen molar-refractivity contribution in [2.24, 2.45) is 0 Å². The SMILES string of the molecule is O=C(O)c1ccc2cc(F)cc(I)c2n1. The molecule has 0 saturated heterocycles. The summed E-state index contributed by atoms with van der Waals surface area (Å²) >= 11 is 1.93. The molecule has 2 aromatic rings. The Hall–Kier alpha value is -1.24. The molecule has 5 heteroatoms. The minimum atomic E-state index is -1.09. The highest BCUT2D eigenvalue weighted by Gasteiger charge is 2.08. The van der Waals surface area contributed by atoms with Crippen LogP contribution in [0, 0.1) is 9.39 Å². The van der Waals surface area contributed by atoms with E-state index in [1.165, 1.54) is 18.2 Å². The minimum Gasteiger partial charge on any atom is -0.477 e. The lowest BCUT2D eigenvalue weighted by molar-refractivity contribution is 0.0691. The molecule has 0 bridgehead atoms. The number of carboxylic acids is 1. The van der Waals surface area contributed by atoms with Crippen molar-refractivity contribution in [1.29, 1.82) is 0 Å². The highest BCUT2D eigenvalue weighted by molar-refractivity contribution is 14.1. The zero-order chi connectivity index (χ0) is 11.0. The molecular formula is C10H5FINO2. The number of carbonyl (C=O) groups is 1. The number of hydrogen-bond acceptors (Lipinski definition) is 2. The second kappa shape index (κ2) is 3.73. The molecular weight excluding hydrogens is 312 g/mol. The van der Waals surface area contributed by atoms with Crippen LogP contribution in [0.5, 0.6) is 0 Å². The van der Waals surface area contributed by atoms with Crippen molar-refractivity contribution in [3.8, 4) is 0 Å². The van der Waals surface area contributed by atoms with Crippen molar-refractivity contribution < 1.29 is 14.3 Å². The predicted octanol–water partition coefficient (Wildman–Crippen LogP) is 2.68. The number of fused-ring (bicyclic) bond motifs is 1. The van der Waals surface area contributed by atoms with Crippen LogP contribution in [-0.4, -0.2) is 16.1 Å². The highest BCUT2D eigenvalue weighted by atomic mass is 127. The molecule has 0 aliphatic carbocycles. The summed E-state index contributed by atoms with van der Waals surface area (Å²) in [4.78, 5) is 14.6. The van der Waals surface area contributed by atoms with Gasteiger partial charge >= 0.3 is 5.97 Å². The van der Waals surface area contributed by atoms with E-state index in [-0.39, 0.29) is 11.5 Å². The van der Waals surface area contributed by atoms with Crippen LogP contribution in [0.2, 0.25) is 0 Å². The average molecular weight is 317 g/mol. The third-order valence-electron chi connectivity index (χ3n) is 1.93. The van der Waals surface area contributed by atoms with Gasteiger partial charge in [-0.15, -0.1) is 0 Å². The number of halogens is 2. The molecule has 2 rings (SSSR count). The molecule has 0 spiro atoms. The van der Waals surface area contributed by atoms with Crippen molar-refractivity contribution in [3.05, 3.63) is 39.3 Å². The largest absolute Gasteiger partial charge is 0.477 e. The molecule has 0 amide bonds. The summed E-state index contributed by atoms with van der Waals surface area (Å²) in [6, 6.07) is 5.56. The fourth-order valence-corrected chi connectivity index (χ4v) is 2.01. The maximum atomic E-state index is 13.0. The van der Waals surface area contributed by atoms with E-state index < -0.39 is 5.97 Å². The van der Waals surface area contributed by atoms with Crippen LogP contribution in [0.15, 0.2) is 24.3 Å². The first kappa shape index (κ1) is 10.3. The topological polar surface area (TPSA) is 50.2 Å². The molecule has 76 valence electrons. The van der Waals surface area contributed by atoms with Crippen LogP contribution < -0.4 is 0 Å². The smallest absolute Gasteiger partial charge is 0.354 e. The van der Waals surface area contributed by atoms with Gasteiger partial charge in [-0.3, -0.25) is 0 Å². The lowest BCUT2D eigenvalue weighted by Crippen LogP contribution is -2.00. The van der Waals surface area contributed by atoms with Crippen LogP contribution in [0.1, 0.15) is 10.5 Å². The molecule has 3 nitrogen and oxygen atoms in total. The second-order valence-corrected chi connectivity index (χ2v) is 4.12. The molecule has 0 unspecified atom stereocenters. The summed E-state index contributed by atoms with van der Waals surface area (Å²) in [5.41, 5.74) is 0.476. The lowest BCUT2D eigenvalue weighted by atomic mass is 10.2. The van der Waals surface area contributed by atoms with Gasteiger partial charge in [0, 0.05) is 8.96 Å². The van der Waals surface area contributed by atoms with Gasteiger partial charge in [0.1, 0.15) is 11.5 Å². The normalized spacial score (nSPS) is 10.5. The Morgan fingerprint density at radius 2 is 2.13 bits per heavy atom. The number of rotatable bonds is 1. The van der Waals surface area contributed by atoms with Gasteiger partial charge in [0.05, 0.1) is 5.52 Å². The van der Waals surface area contributed by atoms with Crippen molar-refractivity contribution >= 4 is 39.5 Å². The third kappa shape index (κ3) is 1.92. The van der Waals surface area contributed by atoms with Crippen LogP contribution >= 0.6 is 22.6 Å². The van der Waals surface area contributed by atoms with E-state index in [1.807, 2.05) is 22.6 Å². The van der Waals surface area contributed by atoms with E-state index in [4.69, 9.17) is 5.11 Å². The van der Waals surface area contributed by atoms with Gasteiger partial charge in [-0.2, -0.15) is 0 Å². The minimum absolute atomic E-state index is 0.0352. The monoisotopic (exact) mass is 317 g/mol. The number of pyridine rings is 1. The fraction of sp³-hybridized carbons (Fsp3) is 0. The molecule has 1 aromatic heterocycles. The molecule has 1 N–H and O–H groups in total. The van der Waals surface area contributed by atoms with Gasteiger partial charge < -0.3 is 5.11 Å². The Labute approximate surface area is 98.1 Å². The van der Waals surface area contributed by atoms with E-state index in [9.17, 15) is 9.18 Å². The molecule has 0 aliphatic heterocycles. The van der Waals surface area contributed by atoms with Crippen molar-refractivity contribution in [2.45, 2.75) is 0 Å². The Bertz CT molecular complexity index is 556. The zero-order valence-electron chi connectivity index (χ0n) is 7.37. The van der Waals surface area contributed by atoms with E-state index in [1.54, 1.807) is 6.07 Å². The Kier molecular flexibility index (Phi) is 2.56. The lowest BCUT2D eigenvalue weighted by Gasteiger charge is -2.01. The van der Waals surface area contributed by atoms with Crippen molar-refractivity contribution in [2.75, 3.05) is 0 Å². The molecule has 0 saturated carbocycles. The number of nitrogens with zero attached hydrogens (tertiary/aromatic N) is 1. The second-order valence-electron chi connectivity index (χ2n) is 2.96. The standard InChI is InChI=1S/C10H5FINO2/c11-6-3-5-1-2-8(10(14)15)13-9(5)7(12)4-6/h1-4H,(H,14,15). The van der Waals surface area contributed by atoms with Gasteiger partial charge in [-0.1, -0.05) is 6.07 Å². The average Bonchev–Trinajstić information content (AvgIpc) is 2.16. The van der Waals surface area contributed by atoms with Gasteiger partial charge in [-0.25, -0.2) is 14.2 Å². The first-order valence-corrected chi connectivity index (χ1v) is 5.15. The van der Waals surface area contributed by atoms with Crippen molar-refractivity contribution in [1.82, 2.24) is 4.98 Å². The van der Waals surface area contributed by atoms with E-state index in [0.717, 1.165) is 0 Å². The molecule has 1 aromatic carbocycles. The summed E-state index contributed by atoms with van der Waals surface area (Å²) in [6.07, 6.45) is 0. The van der Waals surface area contributed by atoms with Gasteiger partial charge in [0.25, 0.3) is 0 Å². The van der Waals surface area contributed by atoms with Gasteiger partial charge in [-0.05, 0) is 40.8 Å². The molecule has 0 aliphatic rings. The summed E-state index contributed by atoms with van der Waals surface area (Å²) in [5, 5.41) is 9.35. The highest BCUT2D eigenvalue weighted by Crippen LogP contribution is 2.20. The molecule has 0 fully saturated rings. The van der Waals surface area contributed by atoms with Gasteiger partial charge in [0.15, 0.2) is 0 Å². The van der Waals surface area contributed by atoms with Gasteiger partial charge in [0.2, 0.25) is 0 Å². The molecule has 0 atom stereocenters. The molecule has 0 radical (unpaired) electrons. The van der Waals surface area contributed by atoms with Crippen LogP contribution in [0.3, 0.4) is 0 Å². The summed E-state index contributed by atoms with van der Waals surface area (Å²) < 4.78 is 13.6. The Morgan fingerprint density at radius 1 is 1.40 bits per heavy atom. The number of carboxylic acid groups (broad SMARTS) is 1. The van der Waals surface area contributed by atoms with Crippen LogP contribution in [0.25, 0.3) is 10.9 Å². The number of aromatic nitrogens is 1. The first-order chi connectivity index (χ1) is 7.08. The molecule has 1 heterocycles. The fourth-order valence-electron chi connectivity index (χ4n) is 1.28. The summed E-state index contributed by atoms with van der Waals surface area (Å²) in [6.45, 7) is 0. The van der Waals surface area contributed by atoms with E-state index in [2.05, 4.69) is 4.98 Å². The zero-order valence-corrected chi connectivity index (χ0v) is 9.53. The summed E-state index contributed by atoms with van der Waals surface area (Å²) in [5.74, 6) is -1.44. The van der Waals surface area contributed by atoms with Crippen LogP contribution in [0.4, 0.5) is 4.39 Å². The predicted molar refractivity (Wildman–Crippen MR) is 61.4 cm³/mol. The first-order valence-electron chi connectivity index (χ1n) is 4.07. The quantitative estimate of drug-likeness (QED) is 0.823. The molecule has 15 heavy (non-hydrogen) atoms. The van der Waals surface area contributed by atoms with Crippen LogP contribution in [-0.2, 0) is 0 Å². The Morgan fingerprint density at radius 3 is 2.80 bits per heavy atom. The maximum Gasteiger partial charge on any atom is 0.354 e. The number of aromatic carboxylic acids is 1. The summed E-state index contributed by atoms with van der Waals surface area (Å²) in [7, 11) is 0.